The zero-order valence-electron chi connectivity index (χ0n) is 9.15. The highest BCUT2D eigenvalue weighted by atomic mass is 35.5. The summed E-state index contributed by atoms with van der Waals surface area (Å²) in [5, 5.41) is 8.27. The van der Waals surface area contributed by atoms with E-state index in [1.54, 1.807) is 30.3 Å². The normalized spacial score (nSPS) is 10.1. The van der Waals surface area contributed by atoms with E-state index in [1.165, 1.54) is 6.20 Å². The number of amidine groups is 1. The van der Waals surface area contributed by atoms with Crippen LogP contribution in [0.4, 0.5) is 0 Å². The van der Waals surface area contributed by atoms with E-state index in [1.807, 2.05) is 0 Å². The molecule has 1 heterocycles. The molecule has 3 N–H and O–H groups in total. The average molecular weight is 282 g/mol. The summed E-state index contributed by atoms with van der Waals surface area (Å²) in [4.78, 5) is 3.93. The summed E-state index contributed by atoms with van der Waals surface area (Å²) in [6.07, 6.45) is 1.51. The maximum atomic E-state index is 7.30. The maximum absolute atomic E-state index is 7.30. The predicted molar refractivity (Wildman–Crippen MR) is 71.8 cm³/mol. The number of nitrogen functional groups attached to an aromatic ring is 1. The molecular formula is C12H9Cl2N3O. The Morgan fingerprint density at radius 2 is 1.78 bits per heavy atom. The molecule has 0 aliphatic rings. The van der Waals surface area contributed by atoms with E-state index in [4.69, 9.17) is 39.1 Å². The number of benzene rings is 1. The summed E-state index contributed by atoms with van der Waals surface area (Å²) in [5.41, 5.74) is 5.70. The van der Waals surface area contributed by atoms with Crippen LogP contribution in [0.25, 0.3) is 0 Å². The van der Waals surface area contributed by atoms with Gasteiger partial charge in [-0.2, -0.15) is 0 Å². The van der Waals surface area contributed by atoms with Gasteiger partial charge >= 0.3 is 0 Å². The number of rotatable bonds is 3. The van der Waals surface area contributed by atoms with Crippen molar-refractivity contribution in [2.75, 3.05) is 0 Å². The molecule has 0 spiro atoms. The molecule has 4 nitrogen and oxygen atoms in total. The van der Waals surface area contributed by atoms with Gasteiger partial charge in [-0.1, -0.05) is 23.2 Å². The van der Waals surface area contributed by atoms with Crippen molar-refractivity contribution in [1.29, 1.82) is 5.41 Å². The van der Waals surface area contributed by atoms with Crippen molar-refractivity contribution in [1.82, 2.24) is 4.98 Å². The van der Waals surface area contributed by atoms with Crippen molar-refractivity contribution < 1.29 is 4.74 Å². The van der Waals surface area contributed by atoms with E-state index in [0.29, 0.717) is 27.2 Å². The third-order valence-electron chi connectivity index (χ3n) is 2.08. The molecule has 1 aromatic carbocycles. The van der Waals surface area contributed by atoms with Crippen LogP contribution in [0.2, 0.25) is 10.0 Å². The van der Waals surface area contributed by atoms with Gasteiger partial charge in [0, 0.05) is 22.3 Å². The van der Waals surface area contributed by atoms with Crippen LogP contribution in [-0.4, -0.2) is 10.8 Å². The zero-order valence-corrected chi connectivity index (χ0v) is 10.7. The quantitative estimate of drug-likeness (QED) is 0.668. The minimum atomic E-state index is -0.121. The Hall–Kier alpha value is -1.78. The lowest BCUT2D eigenvalue weighted by Crippen LogP contribution is -2.12. The second-order valence-electron chi connectivity index (χ2n) is 3.50. The standard InChI is InChI=1S/C12H9Cl2N3O/c13-7-3-8(14)5-10(4-7)18-9-1-2-17-11(6-9)12(15)16/h1-6H,(H3,15,16). The van der Waals surface area contributed by atoms with Crippen LogP contribution in [0.5, 0.6) is 11.5 Å². The third-order valence-corrected chi connectivity index (χ3v) is 2.52. The average Bonchev–Trinajstić information content (AvgIpc) is 2.27. The highest BCUT2D eigenvalue weighted by Crippen LogP contribution is 2.28. The molecule has 0 atom stereocenters. The minimum absolute atomic E-state index is 0.121. The van der Waals surface area contributed by atoms with Gasteiger partial charge in [-0.3, -0.25) is 10.4 Å². The highest BCUT2D eigenvalue weighted by Gasteiger charge is 2.04. The highest BCUT2D eigenvalue weighted by molar-refractivity contribution is 6.34. The molecule has 92 valence electrons. The second kappa shape index (κ2) is 5.25. The fraction of sp³-hybridized carbons (Fsp3) is 0. The number of hydrogen-bond acceptors (Lipinski definition) is 3. The largest absolute Gasteiger partial charge is 0.457 e. The smallest absolute Gasteiger partial charge is 0.141 e. The molecular weight excluding hydrogens is 273 g/mol. The lowest BCUT2D eigenvalue weighted by Gasteiger charge is -2.07. The van der Waals surface area contributed by atoms with Gasteiger partial charge in [0.05, 0.1) is 0 Å². The van der Waals surface area contributed by atoms with Gasteiger partial charge in [-0.05, 0) is 24.3 Å². The van der Waals surface area contributed by atoms with Crippen molar-refractivity contribution in [3.8, 4) is 11.5 Å². The molecule has 0 unspecified atom stereocenters. The molecule has 1 aromatic heterocycles. The molecule has 0 amide bonds. The Labute approximate surface area is 114 Å². The summed E-state index contributed by atoms with van der Waals surface area (Å²) >= 11 is 11.7. The predicted octanol–water partition coefficient (Wildman–Crippen LogP) is 3.46. The lowest BCUT2D eigenvalue weighted by molar-refractivity contribution is 0.482. The van der Waals surface area contributed by atoms with E-state index in [0.717, 1.165) is 0 Å². The van der Waals surface area contributed by atoms with Crippen molar-refractivity contribution in [2.45, 2.75) is 0 Å². The summed E-state index contributed by atoms with van der Waals surface area (Å²) in [6, 6.07) is 8.12. The van der Waals surface area contributed by atoms with Crippen LogP contribution in [0.15, 0.2) is 36.5 Å². The first-order valence-electron chi connectivity index (χ1n) is 4.99. The fourth-order valence-electron chi connectivity index (χ4n) is 1.35. The zero-order chi connectivity index (χ0) is 13.1. The van der Waals surface area contributed by atoms with Crippen LogP contribution >= 0.6 is 23.2 Å². The Morgan fingerprint density at radius 3 is 2.39 bits per heavy atom. The van der Waals surface area contributed by atoms with Crippen LogP contribution in [-0.2, 0) is 0 Å². The Balaban J connectivity index is 2.28. The lowest BCUT2D eigenvalue weighted by atomic mass is 10.3. The first-order valence-corrected chi connectivity index (χ1v) is 5.74. The topological polar surface area (TPSA) is 72.0 Å². The van der Waals surface area contributed by atoms with E-state index in [-0.39, 0.29) is 5.84 Å². The number of nitrogens with zero attached hydrogens (tertiary/aromatic N) is 1. The maximum Gasteiger partial charge on any atom is 0.141 e. The first-order chi connectivity index (χ1) is 8.54. The first kappa shape index (κ1) is 12.7. The number of halogens is 2. The molecule has 18 heavy (non-hydrogen) atoms. The van der Waals surface area contributed by atoms with Crippen LogP contribution in [0, 0.1) is 5.41 Å². The second-order valence-corrected chi connectivity index (χ2v) is 4.37. The van der Waals surface area contributed by atoms with Gasteiger partial charge in [-0.25, -0.2) is 0 Å². The monoisotopic (exact) mass is 281 g/mol. The number of hydrogen-bond donors (Lipinski definition) is 2. The van der Waals surface area contributed by atoms with Crippen LogP contribution in [0.1, 0.15) is 5.69 Å². The molecule has 2 aromatic rings. The van der Waals surface area contributed by atoms with Gasteiger partial charge in [0.25, 0.3) is 0 Å². The molecule has 6 heteroatoms. The number of aromatic nitrogens is 1. The summed E-state index contributed by atoms with van der Waals surface area (Å²) < 4.78 is 5.57. The minimum Gasteiger partial charge on any atom is -0.457 e. The van der Waals surface area contributed by atoms with E-state index < -0.39 is 0 Å². The van der Waals surface area contributed by atoms with Crippen molar-refractivity contribution in [3.63, 3.8) is 0 Å². The molecule has 0 radical (unpaired) electrons. The van der Waals surface area contributed by atoms with Gasteiger partial charge < -0.3 is 10.5 Å². The van der Waals surface area contributed by atoms with Gasteiger partial charge in [0.15, 0.2) is 0 Å². The fourth-order valence-corrected chi connectivity index (χ4v) is 1.85. The number of pyridine rings is 1. The number of nitrogens with two attached hydrogens (primary N) is 1. The van der Waals surface area contributed by atoms with E-state index in [9.17, 15) is 0 Å². The molecule has 0 bridgehead atoms. The third kappa shape index (κ3) is 3.12. The van der Waals surface area contributed by atoms with E-state index in [2.05, 4.69) is 4.98 Å². The number of ether oxygens (including phenoxy) is 1. The van der Waals surface area contributed by atoms with Crippen LogP contribution in [0.3, 0.4) is 0 Å². The Morgan fingerprint density at radius 1 is 1.11 bits per heavy atom. The Bertz CT molecular complexity index is 581. The molecule has 0 aliphatic heterocycles. The summed E-state index contributed by atoms with van der Waals surface area (Å²) in [7, 11) is 0. The molecule has 0 aliphatic carbocycles. The van der Waals surface area contributed by atoms with E-state index >= 15 is 0 Å². The van der Waals surface area contributed by atoms with Crippen molar-refractivity contribution in [2.24, 2.45) is 5.73 Å². The van der Waals surface area contributed by atoms with Gasteiger partial charge in [0.2, 0.25) is 0 Å². The molecule has 0 saturated heterocycles. The van der Waals surface area contributed by atoms with Crippen LogP contribution < -0.4 is 10.5 Å². The van der Waals surface area contributed by atoms with Gasteiger partial charge in [0.1, 0.15) is 23.0 Å². The molecule has 2 rings (SSSR count). The molecule has 0 saturated carbocycles. The van der Waals surface area contributed by atoms with Crippen molar-refractivity contribution >= 4 is 29.0 Å². The molecule has 0 fully saturated rings. The summed E-state index contributed by atoms with van der Waals surface area (Å²) in [6.45, 7) is 0. The SMILES string of the molecule is N=C(N)c1cc(Oc2cc(Cl)cc(Cl)c2)ccn1. The Kier molecular flexibility index (Phi) is 3.69. The number of nitrogens with one attached hydrogen (secondary N) is 1. The van der Waals surface area contributed by atoms with Gasteiger partial charge in [-0.15, -0.1) is 0 Å². The van der Waals surface area contributed by atoms with Crippen molar-refractivity contribution in [3.05, 3.63) is 52.3 Å². The summed E-state index contributed by atoms with van der Waals surface area (Å²) in [5.74, 6) is 0.895.